The Labute approximate surface area is 163 Å². The van der Waals surface area contributed by atoms with E-state index in [9.17, 15) is 9.90 Å². The maximum absolute atomic E-state index is 12.8. The van der Waals surface area contributed by atoms with Gasteiger partial charge in [-0.2, -0.15) is 0 Å². The van der Waals surface area contributed by atoms with E-state index >= 15 is 0 Å². The maximum atomic E-state index is 12.8. The highest BCUT2D eigenvalue weighted by atomic mass is 35.5. The van der Waals surface area contributed by atoms with Crippen LogP contribution < -0.4 is 10.2 Å². The van der Waals surface area contributed by atoms with Gasteiger partial charge in [-0.15, -0.1) is 0 Å². The van der Waals surface area contributed by atoms with E-state index in [0.717, 1.165) is 41.0 Å². The molecule has 0 saturated carbocycles. The van der Waals surface area contributed by atoms with Crippen molar-refractivity contribution in [3.8, 4) is 0 Å². The summed E-state index contributed by atoms with van der Waals surface area (Å²) in [5.74, 6) is -0.102. The van der Waals surface area contributed by atoms with Crippen molar-refractivity contribution in [2.75, 3.05) is 23.3 Å². The van der Waals surface area contributed by atoms with Gasteiger partial charge in [0.1, 0.15) is 0 Å². The molecule has 1 atom stereocenters. The largest absolute Gasteiger partial charge is 0.392 e. The van der Waals surface area contributed by atoms with Gasteiger partial charge in [0.2, 0.25) is 5.91 Å². The van der Waals surface area contributed by atoms with E-state index in [0.29, 0.717) is 16.6 Å². The van der Waals surface area contributed by atoms with Gasteiger partial charge in [-0.25, -0.2) is 0 Å². The molecule has 0 spiro atoms. The van der Waals surface area contributed by atoms with Gasteiger partial charge in [0, 0.05) is 23.8 Å². The minimum Gasteiger partial charge on any atom is -0.392 e. The number of aryl methyl sites for hydroxylation is 2. The molecule has 2 N–H and O–H groups in total. The second-order valence-corrected chi connectivity index (χ2v) is 7.62. The quantitative estimate of drug-likeness (QED) is 0.800. The minimum absolute atomic E-state index is 0.00607. The number of halogens is 2. The molecule has 2 aromatic carbocycles. The predicted octanol–water partition coefficient (Wildman–Crippen LogP) is 4.57. The molecule has 0 aromatic heterocycles. The number of aliphatic hydroxyl groups is 1. The summed E-state index contributed by atoms with van der Waals surface area (Å²) in [6.45, 7) is 5.25. The molecule has 138 valence electrons. The number of aliphatic hydroxyl groups excluding tert-OH is 1. The molecular weight excluding hydrogens is 371 g/mol. The van der Waals surface area contributed by atoms with Gasteiger partial charge < -0.3 is 15.3 Å². The number of nitrogens with zero attached hydrogens (tertiary/aromatic N) is 1. The van der Waals surface area contributed by atoms with Gasteiger partial charge in [0.15, 0.2) is 0 Å². The molecule has 4 nitrogen and oxygen atoms in total. The van der Waals surface area contributed by atoms with Crippen LogP contribution in [-0.4, -0.2) is 24.1 Å². The smallest absolute Gasteiger partial charge is 0.229 e. The Morgan fingerprint density at radius 2 is 1.92 bits per heavy atom. The van der Waals surface area contributed by atoms with Gasteiger partial charge in [0.05, 0.1) is 23.2 Å². The van der Waals surface area contributed by atoms with Crippen molar-refractivity contribution in [3.05, 3.63) is 57.1 Å². The van der Waals surface area contributed by atoms with E-state index < -0.39 is 0 Å². The van der Waals surface area contributed by atoms with E-state index in [-0.39, 0.29) is 18.4 Å². The Hall–Kier alpha value is -1.75. The molecule has 3 rings (SSSR count). The molecule has 2 aromatic rings. The van der Waals surface area contributed by atoms with Gasteiger partial charge in [-0.1, -0.05) is 35.3 Å². The van der Waals surface area contributed by atoms with Crippen molar-refractivity contribution in [1.29, 1.82) is 0 Å². The first-order chi connectivity index (χ1) is 12.4. The molecule has 0 radical (unpaired) electrons. The number of rotatable bonds is 4. The molecule has 1 saturated heterocycles. The fourth-order valence-corrected chi connectivity index (χ4v) is 3.89. The van der Waals surface area contributed by atoms with Gasteiger partial charge >= 0.3 is 0 Å². The van der Waals surface area contributed by atoms with Crippen molar-refractivity contribution < 1.29 is 9.90 Å². The highest BCUT2D eigenvalue weighted by molar-refractivity contribution is 6.35. The Morgan fingerprint density at radius 1 is 1.23 bits per heavy atom. The molecule has 0 bridgehead atoms. The van der Waals surface area contributed by atoms with Gasteiger partial charge in [-0.3, -0.25) is 4.79 Å². The van der Waals surface area contributed by atoms with Crippen LogP contribution in [0.25, 0.3) is 0 Å². The average Bonchev–Trinajstić information content (AvgIpc) is 3.09. The Morgan fingerprint density at radius 3 is 2.58 bits per heavy atom. The van der Waals surface area contributed by atoms with Crippen molar-refractivity contribution >= 4 is 40.5 Å². The number of carbonyl (C=O) groups is 1. The first-order valence-electron chi connectivity index (χ1n) is 8.61. The highest BCUT2D eigenvalue weighted by Crippen LogP contribution is 2.33. The number of hydrogen-bond acceptors (Lipinski definition) is 3. The molecule has 1 aliphatic rings. The van der Waals surface area contributed by atoms with Crippen molar-refractivity contribution in [2.24, 2.45) is 5.92 Å². The Balaban J connectivity index is 1.72. The van der Waals surface area contributed by atoms with Crippen molar-refractivity contribution in [1.82, 2.24) is 0 Å². The Kier molecular flexibility index (Phi) is 5.76. The zero-order valence-electron chi connectivity index (χ0n) is 14.9. The van der Waals surface area contributed by atoms with Crippen molar-refractivity contribution in [2.45, 2.75) is 26.9 Å². The van der Waals surface area contributed by atoms with Crippen LogP contribution in [-0.2, 0) is 11.4 Å². The molecule has 26 heavy (non-hydrogen) atoms. The number of carbonyl (C=O) groups excluding carboxylic acids is 1. The Bertz CT molecular complexity index is 816. The lowest BCUT2D eigenvalue weighted by Crippen LogP contribution is -2.27. The zero-order chi connectivity index (χ0) is 18.8. The van der Waals surface area contributed by atoms with Crippen LogP contribution in [0.3, 0.4) is 0 Å². The van der Waals surface area contributed by atoms with E-state index in [1.165, 1.54) is 0 Å². The standard InChI is InChI=1S/C20H22Cl2N2O2/c1-12-7-14(11-25)8-13(2)19(12)23-20(26)15-5-6-24(10-15)18-9-16(21)3-4-17(18)22/h3-4,7-9,15,25H,5-6,10-11H2,1-2H3,(H,23,26). The summed E-state index contributed by atoms with van der Waals surface area (Å²) in [4.78, 5) is 14.9. The molecule has 1 heterocycles. The molecule has 0 aliphatic carbocycles. The first-order valence-corrected chi connectivity index (χ1v) is 9.36. The first kappa shape index (κ1) is 19.0. The van der Waals surface area contributed by atoms with Crippen LogP contribution in [0, 0.1) is 19.8 Å². The molecular formula is C20H22Cl2N2O2. The lowest BCUT2D eigenvalue weighted by atomic mass is 10.0. The summed E-state index contributed by atoms with van der Waals surface area (Å²) in [5, 5.41) is 13.6. The van der Waals surface area contributed by atoms with Crippen molar-refractivity contribution in [3.63, 3.8) is 0 Å². The number of nitrogens with one attached hydrogen (secondary N) is 1. The topological polar surface area (TPSA) is 52.6 Å². The second kappa shape index (κ2) is 7.87. The summed E-state index contributed by atoms with van der Waals surface area (Å²) in [6, 6.07) is 9.17. The highest BCUT2D eigenvalue weighted by Gasteiger charge is 2.30. The van der Waals surface area contributed by atoms with Crippen LogP contribution in [0.4, 0.5) is 11.4 Å². The van der Waals surface area contributed by atoms with E-state index in [4.69, 9.17) is 23.2 Å². The molecule has 1 unspecified atom stereocenters. The monoisotopic (exact) mass is 392 g/mol. The van der Waals surface area contributed by atoms with E-state index in [2.05, 4.69) is 10.2 Å². The van der Waals surface area contributed by atoms with Crippen LogP contribution in [0.1, 0.15) is 23.1 Å². The number of hydrogen-bond donors (Lipinski definition) is 2. The zero-order valence-corrected chi connectivity index (χ0v) is 16.4. The summed E-state index contributed by atoms with van der Waals surface area (Å²) < 4.78 is 0. The van der Waals surface area contributed by atoms with E-state index in [1.54, 1.807) is 12.1 Å². The normalized spacial score (nSPS) is 16.8. The fraction of sp³-hybridized carbons (Fsp3) is 0.350. The molecule has 6 heteroatoms. The summed E-state index contributed by atoms with van der Waals surface area (Å²) in [7, 11) is 0. The minimum atomic E-state index is -0.110. The molecule has 1 aliphatic heterocycles. The lowest BCUT2D eigenvalue weighted by Gasteiger charge is -2.20. The predicted molar refractivity (Wildman–Crippen MR) is 107 cm³/mol. The number of anilines is 2. The second-order valence-electron chi connectivity index (χ2n) is 6.78. The van der Waals surface area contributed by atoms with Gasteiger partial charge in [-0.05, 0) is 55.2 Å². The maximum Gasteiger partial charge on any atom is 0.229 e. The fourth-order valence-electron chi connectivity index (χ4n) is 3.49. The van der Waals surface area contributed by atoms with Crippen LogP contribution >= 0.6 is 23.2 Å². The van der Waals surface area contributed by atoms with Crippen LogP contribution in [0.2, 0.25) is 10.0 Å². The SMILES string of the molecule is Cc1cc(CO)cc(C)c1NC(=O)C1CCN(c2cc(Cl)ccc2Cl)C1. The van der Waals surface area contributed by atoms with Crippen LogP contribution in [0.15, 0.2) is 30.3 Å². The molecule has 1 fully saturated rings. The summed E-state index contributed by atoms with van der Waals surface area (Å²) in [6.07, 6.45) is 0.765. The number of amides is 1. The van der Waals surface area contributed by atoms with Crippen LogP contribution in [0.5, 0.6) is 0 Å². The average molecular weight is 393 g/mol. The third-order valence-electron chi connectivity index (χ3n) is 4.83. The summed E-state index contributed by atoms with van der Waals surface area (Å²) in [5.41, 5.74) is 4.45. The third kappa shape index (κ3) is 3.98. The third-order valence-corrected chi connectivity index (χ3v) is 5.39. The molecule has 1 amide bonds. The van der Waals surface area contributed by atoms with E-state index in [1.807, 2.05) is 32.0 Å². The summed E-state index contributed by atoms with van der Waals surface area (Å²) >= 11 is 12.4. The van der Waals surface area contributed by atoms with Gasteiger partial charge in [0.25, 0.3) is 0 Å². The number of benzene rings is 2. The lowest BCUT2D eigenvalue weighted by molar-refractivity contribution is -0.119.